The number of alkyl carbamates (subject to hydrolysis) is 1. The number of anilines is 1. The Kier molecular flexibility index (Phi) is 6.91. The van der Waals surface area contributed by atoms with Crippen LogP contribution in [0, 0.1) is 6.92 Å². The summed E-state index contributed by atoms with van der Waals surface area (Å²) in [7, 11) is 0. The molecule has 132 valence electrons. The minimum Gasteiger partial charge on any atom is -0.445 e. The van der Waals surface area contributed by atoms with Gasteiger partial charge in [0.2, 0.25) is 0 Å². The summed E-state index contributed by atoms with van der Waals surface area (Å²) >= 11 is 3.42. The first kappa shape index (κ1) is 18.9. The Hall–Kier alpha value is -2.45. The fourth-order valence-corrected chi connectivity index (χ4v) is 2.30. The fraction of sp³-hybridized carbons (Fsp3) is 0.235. The van der Waals surface area contributed by atoms with Crippen LogP contribution in [-0.2, 0) is 11.3 Å². The molecular formula is C17H18BrN3O4. The highest BCUT2D eigenvalue weighted by Crippen LogP contribution is 2.23. The van der Waals surface area contributed by atoms with E-state index in [1.807, 2.05) is 25.1 Å². The predicted molar refractivity (Wildman–Crippen MR) is 96.3 cm³/mol. The minimum absolute atomic E-state index is 0.0247. The monoisotopic (exact) mass is 407 g/mol. The molecule has 0 bridgehead atoms. The van der Waals surface area contributed by atoms with E-state index in [9.17, 15) is 9.59 Å². The quantitative estimate of drug-likeness (QED) is 0.683. The number of carbonyl (C=O) groups is 2. The molecule has 0 atom stereocenters. The molecule has 25 heavy (non-hydrogen) atoms. The van der Waals surface area contributed by atoms with Gasteiger partial charge in [-0.15, -0.1) is 0 Å². The smallest absolute Gasteiger partial charge is 0.407 e. The zero-order valence-electron chi connectivity index (χ0n) is 13.6. The summed E-state index contributed by atoms with van der Waals surface area (Å²) in [6, 6.07) is 8.77. The van der Waals surface area contributed by atoms with Crippen molar-refractivity contribution in [2.75, 3.05) is 18.5 Å². The van der Waals surface area contributed by atoms with Crippen molar-refractivity contribution in [2.45, 2.75) is 13.5 Å². The van der Waals surface area contributed by atoms with Crippen molar-refractivity contribution in [1.29, 1.82) is 0 Å². The molecule has 2 amide bonds. The van der Waals surface area contributed by atoms with Crippen LogP contribution in [0.1, 0.15) is 21.6 Å². The first-order chi connectivity index (χ1) is 12.0. The Bertz CT molecular complexity index is 750. The number of aliphatic hydroxyl groups excluding tert-OH is 1. The number of carbonyl (C=O) groups excluding carboxylic acids is 2. The third-order valence-electron chi connectivity index (χ3n) is 3.32. The summed E-state index contributed by atoms with van der Waals surface area (Å²) in [6.07, 6.45) is 0.850. The van der Waals surface area contributed by atoms with Crippen LogP contribution in [0.4, 0.5) is 10.5 Å². The molecule has 1 aromatic carbocycles. The van der Waals surface area contributed by atoms with Crippen LogP contribution in [0.25, 0.3) is 0 Å². The Morgan fingerprint density at radius 2 is 2.08 bits per heavy atom. The standard InChI is InChI=1S/C17H18BrN3O4/c1-11-13(18)3-2-4-14(11)21-16(23)15-6-5-12(9-20-15)10-25-17(24)19-7-8-22/h2-6,9,22H,7-8,10H2,1H3,(H,19,24)(H,21,23). The van der Waals surface area contributed by atoms with Crippen LogP contribution < -0.4 is 10.6 Å². The molecule has 2 aromatic rings. The number of pyridine rings is 1. The number of aliphatic hydroxyl groups is 1. The molecule has 0 fully saturated rings. The van der Waals surface area contributed by atoms with Crippen LogP contribution in [0.3, 0.4) is 0 Å². The third-order valence-corrected chi connectivity index (χ3v) is 4.18. The van der Waals surface area contributed by atoms with Crippen LogP contribution in [0.15, 0.2) is 41.0 Å². The maximum Gasteiger partial charge on any atom is 0.407 e. The highest BCUT2D eigenvalue weighted by atomic mass is 79.9. The molecule has 8 heteroatoms. The van der Waals surface area contributed by atoms with Gasteiger partial charge >= 0.3 is 6.09 Å². The minimum atomic E-state index is -0.624. The lowest BCUT2D eigenvalue weighted by molar-refractivity contribution is 0.102. The normalized spacial score (nSPS) is 10.2. The molecule has 3 N–H and O–H groups in total. The molecule has 2 rings (SSSR count). The zero-order valence-corrected chi connectivity index (χ0v) is 15.2. The molecule has 0 aliphatic rings. The molecule has 1 heterocycles. The van der Waals surface area contributed by atoms with Gasteiger partial charge in [-0.05, 0) is 30.7 Å². The van der Waals surface area contributed by atoms with Gasteiger partial charge in [0.05, 0.1) is 6.61 Å². The van der Waals surface area contributed by atoms with Gasteiger partial charge in [-0.2, -0.15) is 0 Å². The van der Waals surface area contributed by atoms with Crippen molar-refractivity contribution in [3.8, 4) is 0 Å². The first-order valence-electron chi connectivity index (χ1n) is 7.54. The number of ether oxygens (including phenoxy) is 1. The van der Waals surface area contributed by atoms with Crippen molar-refractivity contribution in [1.82, 2.24) is 10.3 Å². The lowest BCUT2D eigenvalue weighted by Crippen LogP contribution is -2.27. The summed E-state index contributed by atoms with van der Waals surface area (Å²) in [5.74, 6) is -0.325. The number of hydrogen-bond donors (Lipinski definition) is 3. The van der Waals surface area contributed by atoms with Crippen LogP contribution in [-0.4, -0.2) is 35.2 Å². The van der Waals surface area contributed by atoms with Crippen molar-refractivity contribution in [2.24, 2.45) is 0 Å². The van der Waals surface area contributed by atoms with Crippen molar-refractivity contribution < 1.29 is 19.4 Å². The zero-order chi connectivity index (χ0) is 18.2. The number of nitrogens with zero attached hydrogens (tertiary/aromatic N) is 1. The fourth-order valence-electron chi connectivity index (χ4n) is 1.93. The topological polar surface area (TPSA) is 101 Å². The Labute approximate surface area is 153 Å². The van der Waals surface area contributed by atoms with Gasteiger partial charge in [0, 0.05) is 28.5 Å². The number of amides is 2. The van der Waals surface area contributed by atoms with E-state index in [-0.39, 0.29) is 31.4 Å². The van der Waals surface area contributed by atoms with Crippen LogP contribution in [0.2, 0.25) is 0 Å². The Morgan fingerprint density at radius 1 is 1.28 bits per heavy atom. The summed E-state index contributed by atoms with van der Waals surface area (Å²) < 4.78 is 5.86. The van der Waals surface area contributed by atoms with Gasteiger partial charge in [0.15, 0.2) is 0 Å². The van der Waals surface area contributed by atoms with Gasteiger partial charge in [0.25, 0.3) is 5.91 Å². The SMILES string of the molecule is Cc1c(Br)cccc1NC(=O)c1ccc(COC(=O)NCCO)cn1. The highest BCUT2D eigenvalue weighted by Gasteiger charge is 2.10. The van der Waals surface area contributed by atoms with Crippen molar-refractivity contribution >= 4 is 33.6 Å². The molecule has 1 aromatic heterocycles. The third kappa shape index (κ3) is 5.54. The van der Waals surface area contributed by atoms with E-state index in [1.54, 1.807) is 12.1 Å². The van der Waals surface area contributed by atoms with Crippen molar-refractivity contribution in [3.05, 3.63) is 57.8 Å². The average Bonchev–Trinajstić information content (AvgIpc) is 2.62. The second kappa shape index (κ2) is 9.14. The van der Waals surface area contributed by atoms with E-state index in [1.165, 1.54) is 6.20 Å². The molecular weight excluding hydrogens is 390 g/mol. The van der Waals surface area contributed by atoms with Crippen molar-refractivity contribution in [3.63, 3.8) is 0 Å². The van der Waals surface area contributed by atoms with E-state index in [2.05, 4.69) is 31.5 Å². The van der Waals surface area contributed by atoms with Gasteiger partial charge in [-0.3, -0.25) is 9.78 Å². The number of aromatic nitrogens is 1. The molecule has 0 saturated carbocycles. The number of rotatable bonds is 6. The molecule has 0 radical (unpaired) electrons. The molecule has 7 nitrogen and oxygen atoms in total. The van der Waals surface area contributed by atoms with Gasteiger partial charge in [-0.25, -0.2) is 4.79 Å². The lowest BCUT2D eigenvalue weighted by atomic mass is 10.2. The first-order valence-corrected chi connectivity index (χ1v) is 8.33. The second-order valence-electron chi connectivity index (χ2n) is 5.14. The number of halogens is 1. The molecule has 0 aliphatic carbocycles. The maximum absolute atomic E-state index is 12.3. The average molecular weight is 408 g/mol. The summed E-state index contributed by atoms with van der Waals surface area (Å²) in [5, 5.41) is 13.8. The van der Waals surface area contributed by atoms with Gasteiger partial charge in [-0.1, -0.05) is 28.1 Å². The van der Waals surface area contributed by atoms with E-state index in [4.69, 9.17) is 9.84 Å². The molecule has 0 unspecified atom stereocenters. The number of nitrogens with one attached hydrogen (secondary N) is 2. The number of benzene rings is 1. The second-order valence-corrected chi connectivity index (χ2v) is 6.00. The van der Waals surface area contributed by atoms with Gasteiger partial charge in [0.1, 0.15) is 12.3 Å². The van der Waals surface area contributed by atoms with E-state index >= 15 is 0 Å². The summed E-state index contributed by atoms with van der Waals surface area (Å²) in [5.41, 5.74) is 2.53. The van der Waals surface area contributed by atoms with Gasteiger partial charge < -0.3 is 20.5 Å². The summed E-state index contributed by atoms with van der Waals surface area (Å²) in [6.45, 7) is 1.90. The predicted octanol–water partition coefficient (Wildman–Crippen LogP) is 2.62. The molecule has 0 aliphatic heterocycles. The van der Waals surface area contributed by atoms with E-state index < -0.39 is 6.09 Å². The summed E-state index contributed by atoms with van der Waals surface area (Å²) in [4.78, 5) is 27.6. The largest absolute Gasteiger partial charge is 0.445 e. The highest BCUT2D eigenvalue weighted by molar-refractivity contribution is 9.10. The van der Waals surface area contributed by atoms with E-state index in [0.717, 1.165) is 10.0 Å². The molecule has 0 spiro atoms. The molecule has 0 saturated heterocycles. The maximum atomic E-state index is 12.3. The van der Waals surface area contributed by atoms with Crippen LogP contribution in [0.5, 0.6) is 0 Å². The Balaban J connectivity index is 1.94. The Morgan fingerprint density at radius 3 is 2.76 bits per heavy atom. The van der Waals surface area contributed by atoms with E-state index in [0.29, 0.717) is 11.3 Å². The lowest BCUT2D eigenvalue weighted by Gasteiger charge is -2.10. The number of hydrogen-bond acceptors (Lipinski definition) is 5. The van der Waals surface area contributed by atoms with Crippen LogP contribution >= 0.6 is 15.9 Å².